The maximum absolute atomic E-state index is 12.1. The summed E-state index contributed by atoms with van der Waals surface area (Å²) in [5.74, 6) is -0.189. The summed E-state index contributed by atoms with van der Waals surface area (Å²) in [6.07, 6.45) is 5.37. The van der Waals surface area contributed by atoms with Crippen LogP contribution < -0.4 is 5.43 Å². The Kier molecular flexibility index (Phi) is 4.17. The van der Waals surface area contributed by atoms with Crippen LogP contribution in [0.15, 0.2) is 55.1 Å². The maximum Gasteiger partial charge on any atom is 0.307 e. The van der Waals surface area contributed by atoms with Crippen LogP contribution in [0.2, 0.25) is 0 Å². The molecule has 2 aromatic heterocycles. The van der Waals surface area contributed by atoms with Gasteiger partial charge in [-0.2, -0.15) is 5.10 Å². The van der Waals surface area contributed by atoms with Crippen molar-refractivity contribution in [2.24, 2.45) is 12.1 Å². The molecule has 0 fully saturated rings. The average Bonchev–Trinajstić information content (AvgIpc) is 3.05. The smallest absolute Gasteiger partial charge is 0.307 e. The summed E-state index contributed by atoms with van der Waals surface area (Å²) < 4.78 is 9.15. The molecule has 0 aliphatic heterocycles. The lowest BCUT2D eigenvalue weighted by molar-refractivity contribution is 0.0929. The van der Waals surface area contributed by atoms with Gasteiger partial charge in [0.15, 0.2) is 5.76 Å². The van der Waals surface area contributed by atoms with Gasteiger partial charge >= 0.3 is 5.91 Å². The van der Waals surface area contributed by atoms with Gasteiger partial charge in [-0.05, 0) is 40.2 Å². The molecule has 1 amide bonds. The Morgan fingerprint density at radius 2 is 2.18 bits per heavy atom. The van der Waals surface area contributed by atoms with E-state index in [1.807, 2.05) is 42.2 Å². The highest BCUT2D eigenvalue weighted by Gasteiger charge is 2.14. The summed E-state index contributed by atoms with van der Waals surface area (Å²) in [4.78, 5) is 12.1. The van der Waals surface area contributed by atoms with Crippen LogP contribution in [0.3, 0.4) is 0 Å². The number of carbonyl (C=O) groups is 1. The number of amides is 1. The first-order chi connectivity index (χ1) is 10.5. The maximum atomic E-state index is 12.1. The van der Waals surface area contributed by atoms with Crippen molar-refractivity contribution in [3.63, 3.8) is 0 Å². The Hall–Kier alpha value is -1.86. The molecular weight excluding hydrogens is 414 g/mol. The van der Waals surface area contributed by atoms with Gasteiger partial charge in [0, 0.05) is 34.9 Å². The summed E-state index contributed by atoms with van der Waals surface area (Å²) in [5, 5.41) is 4.75. The lowest BCUT2D eigenvalue weighted by Crippen LogP contribution is -2.16. The summed E-state index contributed by atoms with van der Waals surface area (Å²) in [5.41, 5.74) is 3.98. The number of aryl methyl sites for hydroxylation is 1. The highest BCUT2D eigenvalue weighted by Crippen LogP contribution is 2.30. The predicted molar refractivity (Wildman–Crippen MR) is 92.1 cm³/mol. The number of halogens is 2. The van der Waals surface area contributed by atoms with E-state index >= 15 is 0 Å². The largest absolute Gasteiger partial charge is 0.450 e. The zero-order chi connectivity index (χ0) is 15.7. The number of furan rings is 1. The molecule has 22 heavy (non-hydrogen) atoms. The first kappa shape index (κ1) is 15.1. The van der Waals surface area contributed by atoms with E-state index in [1.54, 1.807) is 12.3 Å². The van der Waals surface area contributed by atoms with E-state index in [0.29, 0.717) is 5.58 Å². The molecule has 3 rings (SSSR count). The Morgan fingerprint density at radius 3 is 2.91 bits per heavy atom. The van der Waals surface area contributed by atoms with Crippen molar-refractivity contribution in [2.75, 3.05) is 0 Å². The molecule has 0 bridgehead atoms. The van der Waals surface area contributed by atoms with Crippen molar-refractivity contribution in [3.8, 4) is 0 Å². The van der Waals surface area contributed by atoms with E-state index in [9.17, 15) is 4.79 Å². The zero-order valence-corrected chi connectivity index (χ0v) is 14.7. The second kappa shape index (κ2) is 6.10. The molecule has 1 N–H and O–H groups in total. The minimum atomic E-state index is -0.397. The molecule has 0 saturated carbocycles. The van der Waals surface area contributed by atoms with Gasteiger partial charge < -0.3 is 8.98 Å². The number of nitrogens with zero attached hydrogens (tertiary/aromatic N) is 2. The van der Waals surface area contributed by atoms with Crippen LogP contribution >= 0.6 is 31.9 Å². The molecule has 0 aliphatic carbocycles. The molecule has 5 nitrogen and oxygen atoms in total. The van der Waals surface area contributed by atoms with Crippen molar-refractivity contribution in [3.05, 3.63) is 56.9 Å². The molecule has 0 atom stereocenters. The summed E-state index contributed by atoms with van der Waals surface area (Å²) >= 11 is 6.81. The van der Waals surface area contributed by atoms with Gasteiger partial charge in [0.25, 0.3) is 0 Å². The molecular formula is C15H11Br2N3O2. The van der Waals surface area contributed by atoms with Crippen molar-refractivity contribution in [2.45, 2.75) is 0 Å². The lowest BCUT2D eigenvalue weighted by Gasteiger charge is -1.95. The highest BCUT2D eigenvalue weighted by atomic mass is 79.9. The van der Waals surface area contributed by atoms with Gasteiger partial charge in [0.1, 0.15) is 5.58 Å². The second-order valence-electron chi connectivity index (χ2n) is 4.73. The fourth-order valence-electron chi connectivity index (χ4n) is 2.01. The van der Waals surface area contributed by atoms with Crippen LogP contribution in [0.25, 0.3) is 11.0 Å². The third-order valence-corrected chi connectivity index (χ3v) is 4.04. The highest BCUT2D eigenvalue weighted by molar-refractivity contribution is 9.11. The topological polar surface area (TPSA) is 59.5 Å². The summed E-state index contributed by atoms with van der Waals surface area (Å²) in [7, 11) is 1.92. The Balaban J connectivity index is 1.77. The number of rotatable bonds is 3. The first-order valence-corrected chi connectivity index (χ1v) is 7.95. The Labute approximate surface area is 143 Å². The van der Waals surface area contributed by atoms with Crippen LogP contribution in [-0.4, -0.2) is 16.7 Å². The monoisotopic (exact) mass is 423 g/mol. The van der Waals surface area contributed by atoms with E-state index < -0.39 is 5.91 Å². The number of hydrazone groups is 1. The fourth-order valence-corrected chi connectivity index (χ4v) is 3.35. The van der Waals surface area contributed by atoms with Crippen LogP contribution in [0.4, 0.5) is 0 Å². The molecule has 0 radical (unpaired) electrons. The SMILES string of the molecule is Cn1ccc(/C=N\NC(=O)c2cc3cc(Br)cc(Br)c3o2)c1. The van der Waals surface area contributed by atoms with E-state index in [-0.39, 0.29) is 5.76 Å². The van der Waals surface area contributed by atoms with E-state index in [0.717, 1.165) is 19.9 Å². The number of hydrogen-bond acceptors (Lipinski definition) is 3. The zero-order valence-electron chi connectivity index (χ0n) is 11.5. The van der Waals surface area contributed by atoms with Gasteiger partial charge in [0.05, 0.1) is 10.7 Å². The number of carbonyl (C=O) groups excluding carboxylic acids is 1. The third kappa shape index (κ3) is 3.15. The minimum absolute atomic E-state index is 0.207. The van der Waals surface area contributed by atoms with Crippen LogP contribution in [0.1, 0.15) is 16.1 Å². The molecule has 7 heteroatoms. The summed E-state index contributed by atoms with van der Waals surface area (Å²) in [6, 6.07) is 7.32. The molecule has 0 aliphatic rings. The van der Waals surface area contributed by atoms with Crippen molar-refractivity contribution in [1.82, 2.24) is 9.99 Å². The third-order valence-electron chi connectivity index (χ3n) is 2.99. The normalized spacial score (nSPS) is 11.4. The minimum Gasteiger partial charge on any atom is -0.450 e. The molecule has 112 valence electrons. The standard InChI is InChI=1S/C15H11Br2N3O2/c1-20-3-2-9(8-20)7-18-19-15(21)13-5-10-4-11(16)6-12(17)14(10)22-13/h2-8H,1H3,(H,19,21)/b18-7-. The van der Waals surface area contributed by atoms with Crippen molar-refractivity contribution >= 4 is 55.0 Å². The Bertz CT molecular complexity index is 880. The molecule has 2 heterocycles. The van der Waals surface area contributed by atoms with E-state index in [4.69, 9.17) is 4.42 Å². The average molecular weight is 425 g/mol. The second-order valence-corrected chi connectivity index (χ2v) is 6.50. The number of hydrogen-bond donors (Lipinski definition) is 1. The van der Waals surface area contributed by atoms with Gasteiger partial charge in [-0.1, -0.05) is 15.9 Å². The van der Waals surface area contributed by atoms with Crippen molar-refractivity contribution < 1.29 is 9.21 Å². The lowest BCUT2D eigenvalue weighted by atomic mass is 10.2. The van der Waals surface area contributed by atoms with Crippen molar-refractivity contribution in [1.29, 1.82) is 0 Å². The van der Waals surface area contributed by atoms with Gasteiger partial charge in [-0.15, -0.1) is 0 Å². The van der Waals surface area contributed by atoms with Crippen LogP contribution in [0, 0.1) is 0 Å². The van der Waals surface area contributed by atoms with Gasteiger partial charge in [-0.3, -0.25) is 4.79 Å². The molecule has 1 aromatic carbocycles. The van der Waals surface area contributed by atoms with Gasteiger partial charge in [-0.25, -0.2) is 5.43 Å². The van der Waals surface area contributed by atoms with E-state index in [1.165, 1.54) is 0 Å². The number of benzene rings is 1. The molecule has 3 aromatic rings. The molecule has 0 spiro atoms. The number of aromatic nitrogens is 1. The number of nitrogens with one attached hydrogen (secondary N) is 1. The van der Waals surface area contributed by atoms with Crippen LogP contribution in [-0.2, 0) is 7.05 Å². The number of fused-ring (bicyclic) bond motifs is 1. The van der Waals surface area contributed by atoms with Crippen LogP contribution in [0.5, 0.6) is 0 Å². The fraction of sp³-hybridized carbons (Fsp3) is 0.0667. The summed E-state index contributed by atoms with van der Waals surface area (Å²) in [6.45, 7) is 0. The van der Waals surface area contributed by atoms with E-state index in [2.05, 4.69) is 42.4 Å². The quantitative estimate of drug-likeness (QED) is 0.509. The Morgan fingerprint density at radius 1 is 1.36 bits per heavy atom. The molecule has 0 saturated heterocycles. The first-order valence-electron chi connectivity index (χ1n) is 6.37. The molecule has 0 unspecified atom stereocenters. The predicted octanol–water partition coefficient (Wildman–Crippen LogP) is 4.06. The van der Waals surface area contributed by atoms with Gasteiger partial charge in [0.2, 0.25) is 0 Å².